The number of carbonyl (C=O) groups excluding carboxylic acids is 1. The highest BCUT2D eigenvalue weighted by Crippen LogP contribution is 2.22. The Hall–Kier alpha value is -2.58. The molecule has 1 N–H and O–H groups in total. The lowest BCUT2D eigenvalue weighted by Crippen LogP contribution is -2.02. The van der Waals surface area contributed by atoms with Gasteiger partial charge in [0.1, 0.15) is 0 Å². The van der Waals surface area contributed by atoms with Gasteiger partial charge in [0.15, 0.2) is 0 Å². The van der Waals surface area contributed by atoms with Crippen molar-refractivity contribution in [3.8, 4) is 11.8 Å². The third-order valence-electron chi connectivity index (χ3n) is 2.86. The van der Waals surface area contributed by atoms with Gasteiger partial charge in [-0.15, -0.1) is 0 Å². The summed E-state index contributed by atoms with van der Waals surface area (Å²) in [5, 5.41) is 8.96. The van der Waals surface area contributed by atoms with Gasteiger partial charge >= 0.3 is 11.9 Å². The number of carboxylic acids is 1. The summed E-state index contributed by atoms with van der Waals surface area (Å²) in [6, 6.07) is 11.4. The van der Waals surface area contributed by atoms with Crippen molar-refractivity contribution < 1.29 is 19.4 Å². The first-order chi connectivity index (χ1) is 10.5. The van der Waals surface area contributed by atoms with E-state index in [1.54, 1.807) is 30.3 Å². The van der Waals surface area contributed by atoms with Crippen LogP contribution in [0.3, 0.4) is 0 Å². The van der Waals surface area contributed by atoms with Gasteiger partial charge in [-0.3, -0.25) is 0 Å². The Labute approximate surface area is 135 Å². The molecule has 4 nitrogen and oxygen atoms in total. The van der Waals surface area contributed by atoms with E-state index in [1.165, 1.54) is 19.2 Å². The summed E-state index contributed by atoms with van der Waals surface area (Å²) in [4.78, 5) is 22.5. The van der Waals surface area contributed by atoms with Gasteiger partial charge in [-0.2, -0.15) is 0 Å². The zero-order chi connectivity index (χ0) is 16.1. The number of benzene rings is 2. The van der Waals surface area contributed by atoms with E-state index in [0.717, 1.165) is 0 Å². The number of aromatic carboxylic acids is 1. The van der Waals surface area contributed by atoms with Crippen molar-refractivity contribution >= 4 is 27.9 Å². The number of carbonyl (C=O) groups is 2. The second-order valence-electron chi connectivity index (χ2n) is 4.29. The Morgan fingerprint density at radius 2 is 1.86 bits per heavy atom. The first kappa shape index (κ1) is 15.8. The summed E-state index contributed by atoms with van der Waals surface area (Å²) in [5.41, 5.74) is 1.75. The monoisotopic (exact) mass is 358 g/mol. The molecule has 0 unspecified atom stereocenters. The molecule has 2 rings (SSSR count). The van der Waals surface area contributed by atoms with Gasteiger partial charge in [0.05, 0.1) is 18.2 Å². The second-order valence-corrected chi connectivity index (χ2v) is 5.09. The van der Waals surface area contributed by atoms with Gasteiger partial charge in [-0.25, -0.2) is 9.59 Å². The summed E-state index contributed by atoms with van der Waals surface area (Å²) in [6.07, 6.45) is 0. The highest BCUT2D eigenvalue weighted by atomic mass is 79.9. The molecule has 0 spiro atoms. The predicted octanol–water partition coefficient (Wildman–Crippen LogP) is 3.33. The van der Waals surface area contributed by atoms with Crippen LogP contribution in [-0.2, 0) is 4.74 Å². The zero-order valence-corrected chi connectivity index (χ0v) is 13.2. The minimum Gasteiger partial charge on any atom is -0.478 e. The molecular weight excluding hydrogens is 348 g/mol. The molecule has 0 amide bonds. The molecule has 0 saturated carbocycles. The highest BCUT2D eigenvalue weighted by Gasteiger charge is 2.11. The van der Waals surface area contributed by atoms with E-state index in [1.807, 2.05) is 0 Å². The quantitative estimate of drug-likeness (QED) is 0.660. The molecule has 0 atom stereocenters. The Bertz CT molecular complexity index is 800. The lowest BCUT2D eigenvalue weighted by molar-refractivity contribution is 0.0598. The molecule has 0 radical (unpaired) electrons. The molecule has 0 bridgehead atoms. The van der Waals surface area contributed by atoms with Crippen LogP contribution in [0.15, 0.2) is 46.9 Å². The summed E-state index contributed by atoms with van der Waals surface area (Å²) < 4.78 is 5.24. The molecule has 0 aliphatic rings. The lowest BCUT2D eigenvalue weighted by Gasteiger charge is -2.03. The molecule has 5 heteroatoms. The fourth-order valence-electron chi connectivity index (χ4n) is 1.77. The average molecular weight is 359 g/mol. The Balaban J connectivity index is 2.38. The second kappa shape index (κ2) is 6.92. The summed E-state index contributed by atoms with van der Waals surface area (Å²) >= 11 is 3.34. The predicted molar refractivity (Wildman–Crippen MR) is 84.9 cm³/mol. The summed E-state index contributed by atoms with van der Waals surface area (Å²) in [5.74, 6) is 4.35. The van der Waals surface area contributed by atoms with E-state index in [4.69, 9.17) is 9.84 Å². The van der Waals surface area contributed by atoms with Crippen LogP contribution in [0.4, 0.5) is 0 Å². The van der Waals surface area contributed by atoms with Crippen molar-refractivity contribution in [2.75, 3.05) is 7.11 Å². The van der Waals surface area contributed by atoms with Gasteiger partial charge in [0.25, 0.3) is 0 Å². The van der Waals surface area contributed by atoms with Crippen molar-refractivity contribution in [3.63, 3.8) is 0 Å². The maximum absolute atomic E-state index is 11.6. The Morgan fingerprint density at radius 1 is 1.14 bits per heavy atom. The number of halogens is 1. The van der Waals surface area contributed by atoms with Crippen molar-refractivity contribution in [2.24, 2.45) is 0 Å². The van der Waals surface area contributed by atoms with E-state index < -0.39 is 11.9 Å². The molecule has 22 heavy (non-hydrogen) atoms. The minimum atomic E-state index is -1.00. The van der Waals surface area contributed by atoms with Crippen LogP contribution >= 0.6 is 15.9 Å². The van der Waals surface area contributed by atoms with Crippen molar-refractivity contribution in [3.05, 3.63) is 69.2 Å². The molecule has 0 aliphatic carbocycles. The van der Waals surface area contributed by atoms with Crippen LogP contribution < -0.4 is 0 Å². The third-order valence-corrected chi connectivity index (χ3v) is 3.71. The maximum atomic E-state index is 11.6. The molecule has 0 fully saturated rings. The fourth-order valence-corrected chi connectivity index (χ4v) is 2.29. The standard InChI is InChI=1S/C17H11BrO4/c1-22-17(21)14-7-3-5-12(15(14)18)9-8-11-4-2-6-13(10-11)16(19)20/h2-7,10H,1H3,(H,19,20). The van der Waals surface area contributed by atoms with Crippen molar-refractivity contribution in [2.45, 2.75) is 0 Å². The SMILES string of the molecule is COC(=O)c1cccc(C#Cc2cccc(C(=O)O)c2)c1Br. The average Bonchev–Trinajstić information content (AvgIpc) is 2.53. The molecule has 2 aromatic carbocycles. The van der Waals surface area contributed by atoms with E-state index in [-0.39, 0.29) is 5.56 Å². The van der Waals surface area contributed by atoms with E-state index in [0.29, 0.717) is 21.2 Å². The molecule has 0 aromatic heterocycles. The topological polar surface area (TPSA) is 63.6 Å². The van der Waals surface area contributed by atoms with Gasteiger partial charge < -0.3 is 9.84 Å². The minimum absolute atomic E-state index is 0.175. The smallest absolute Gasteiger partial charge is 0.339 e. The summed E-state index contributed by atoms with van der Waals surface area (Å²) in [7, 11) is 1.31. The maximum Gasteiger partial charge on any atom is 0.339 e. The fraction of sp³-hybridized carbons (Fsp3) is 0.0588. The number of ether oxygens (including phenoxy) is 1. The number of hydrogen-bond acceptors (Lipinski definition) is 3. The number of methoxy groups -OCH3 is 1. The largest absolute Gasteiger partial charge is 0.478 e. The number of carboxylic acid groups (broad SMARTS) is 1. The van der Waals surface area contributed by atoms with Crippen LogP contribution in [0.2, 0.25) is 0 Å². The Kier molecular flexibility index (Phi) is 4.97. The van der Waals surface area contributed by atoms with Crippen LogP contribution in [0.1, 0.15) is 31.8 Å². The highest BCUT2D eigenvalue weighted by molar-refractivity contribution is 9.10. The number of esters is 1. The molecule has 2 aromatic rings. The Morgan fingerprint density at radius 3 is 2.55 bits per heavy atom. The molecular formula is C17H11BrO4. The molecule has 0 aliphatic heterocycles. The third kappa shape index (κ3) is 3.54. The summed E-state index contributed by atoms with van der Waals surface area (Å²) in [6.45, 7) is 0. The first-order valence-corrected chi connectivity index (χ1v) is 7.04. The van der Waals surface area contributed by atoms with Gasteiger partial charge in [-0.1, -0.05) is 24.0 Å². The number of hydrogen-bond donors (Lipinski definition) is 1. The van der Waals surface area contributed by atoms with Crippen LogP contribution in [-0.4, -0.2) is 24.2 Å². The first-order valence-electron chi connectivity index (χ1n) is 6.25. The van der Waals surface area contributed by atoms with E-state index >= 15 is 0 Å². The van der Waals surface area contributed by atoms with E-state index in [2.05, 4.69) is 27.8 Å². The van der Waals surface area contributed by atoms with Crippen LogP contribution in [0, 0.1) is 11.8 Å². The molecule has 0 heterocycles. The normalized spacial score (nSPS) is 9.55. The van der Waals surface area contributed by atoms with Gasteiger partial charge in [0.2, 0.25) is 0 Å². The van der Waals surface area contributed by atoms with Gasteiger partial charge in [-0.05, 0) is 46.3 Å². The number of rotatable bonds is 2. The van der Waals surface area contributed by atoms with Crippen LogP contribution in [0.5, 0.6) is 0 Å². The van der Waals surface area contributed by atoms with Crippen molar-refractivity contribution in [1.29, 1.82) is 0 Å². The van der Waals surface area contributed by atoms with E-state index in [9.17, 15) is 9.59 Å². The zero-order valence-electron chi connectivity index (χ0n) is 11.6. The van der Waals surface area contributed by atoms with Gasteiger partial charge in [0, 0.05) is 15.6 Å². The molecule has 0 saturated heterocycles. The van der Waals surface area contributed by atoms with Crippen molar-refractivity contribution in [1.82, 2.24) is 0 Å². The lowest BCUT2D eigenvalue weighted by atomic mass is 10.1. The van der Waals surface area contributed by atoms with Crippen LogP contribution in [0.25, 0.3) is 0 Å². The molecule has 110 valence electrons.